The molecule has 2 aromatic rings. The summed E-state index contributed by atoms with van der Waals surface area (Å²) < 4.78 is 67.7. The zero-order valence-corrected chi connectivity index (χ0v) is 45.8. The monoisotopic (exact) mass is 1090 g/mol. The molecule has 8 amide bonds. The third kappa shape index (κ3) is 15.6. The van der Waals surface area contributed by atoms with Gasteiger partial charge in [0.2, 0.25) is 35.4 Å². The van der Waals surface area contributed by atoms with E-state index in [9.17, 15) is 55.9 Å². The Kier molecular flexibility index (Phi) is 20.8. The lowest BCUT2D eigenvalue weighted by Crippen LogP contribution is -2.59. The van der Waals surface area contributed by atoms with Crippen molar-refractivity contribution in [3.8, 4) is 11.5 Å². The molecule has 1 unspecified atom stereocenters. The van der Waals surface area contributed by atoms with E-state index in [4.69, 9.17) is 9.47 Å². The normalized spacial score (nSPS) is 20.3. The van der Waals surface area contributed by atoms with E-state index in [0.29, 0.717) is 25.8 Å². The molecule has 77 heavy (non-hydrogen) atoms. The first kappa shape index (κ1) is 61.3. The van der Waals surface area contributed by atoms with E-state index >= 15 is 0 Å². The number of fused-ring (bicyclic) bond motifs is 1. The van der Waals surface area contributed by atoms with Gasteiger partial charge in [-0.2, -0.15) is 0 Å². The molecule has 9 atom stereocenters. The largest absolute Gasteiger partial charge is 0.493 e. The summed E-state index contributed by atoms with van der Waals surface area (Å²) in [6, 6.07) is 1.14. The third-order valence-electron chi connectivity index (χ3n) is 14.6. The average molecular weight is 1090 g/mol. The molecule has 3 saturated heterocycles. The minimum Gasteiger partial charge on any atom is -0.493 e. The lowest BCUT2D eigenvalue weighted by atomic mass is 9.85. The topological polar surface area (TPSA) is 240 Å². The Morgan fingerprint density at radius 2 is 1.18 bits per heavy atom. The molecule has 5 rings (SSSR count). The van der Waals surface area contributed by atoms with E-state index in [0.717, 1.165) is 24.3 Å². The van der Waals surface area contributed by atoms with Gasteiger partial charge in [-0.1, -0.05) is 41.5 Å². The van der Waals surface area contributed by atoms with Crippen LogP contribution in [-0.4, -0.2) is 183 Å². The Morgan fingerprint density at radius 1 is 0.675 bits per heavy atom. The number of carbonyl (C=O) groups is 8. The molecule has 0 saturated carbocycles. The molecule has 20 nitrogen and oxygen atoms in total. The number of ether oxygens (including phenoxy) is 2. The Bertz CT molecular complexity index is 2490. The van der Waals surface area contributed by atoms with Gasteiger partial charge in [-0.25, -0.2) is 17.6 Å². The van der Waals surface area contributed by atoms with E-state index in [-0.39, 0.29) is 56.2 Å². The molecule has 0 aliphatic carbocycles. The Morgan fingerprint density at radius 3 is 1.69 bits per heavy atom. The van der Waals surface area contributed by atoms with Crippen molar-refractivity contribution in [2.75, 3.05) is 73.6 Å². The molecular formula is C53H76F4N10O10. The third-order valence-corrected chi connectivity index (χ3v) is 14.6. The van der Waals surface area contributed by atoms with E-state index in [1.165, 1.54) is 29.0 Å². The van der Waals surface area contributed by atoms with Crippen LogP contribution in [0.3, 0.4) is 0 Å². The zero-order valence-electron chi connectivity index (χ0n) is 45.8. The fourth-order valence-corrected chi connectivity index (χ4v) is 9.87. The van der Waals surface area contributed by atoms with Gasteiger partial charge in [-0.05, 0) is 82.3 Å². The molecule has 3 fully saturated rings. The first-order valence-corrected chi connectivity index (χ1v) is 25.9. The van der Waals surface area contributed by atoms with Crippen molar-refractivity contribution in [1.29, 1.82) is 0 Å². The van der Waals surface area contributed by atoms with Crippen LogP contribution in [0.15, 0.2) is 36.4 Å². The number of halogens is 4. The highest BCUT2D eigenvalue weighted by Gasteiger charge is 2.54. The minimum absolute atomic E-state index is 0.00121. The fraction of sp³-hybridized carbons (Fsp3) is 0.623. The number of likely N-dealkylation sites (tertiary alicyclic amines) is 3. The molecule has 0 spiro atoms. The summed E-state index contributed by atoms with van der Waals surface area (Å²) in [5, 5.41) is 16.0. The number of benzene rings is 2. The second-order valence-electron chi connectivity index (χ2n) is 22.2. The first-order valence-electron chi connectivity index (χ1n) is 25.9. The van der Waals surface area contributed by atoms with Crippen LogP contribution in [0.2, 0.25) is 0 Å². The Labute approximate surface area is 447 Å². The summed E-state index contributed by atoms with van der Waals surface area (Å²) in [6.45, 7) is 13.0. The second-order valence-corrected chi connectivity index (χ2v) is 22.2. The number of hydrogen-bond acceptors (Lipinski definition) is 12. The maximum absolute atomic E-state index is 14.4. The molecule has 0 radical (unpaired) electrons. The van der Waals surface area contributed by atoms with Gasteiger partial charge in [-0.15, -0.1) is 0 Å². The molecular weight excluding hydrogens is 1010 g/mol. The fourth-order valence-electron chi connectivity index (χ4n) is 9.87. The summed E-state index contributed by atoms with van der Waals surface area (Å²) in [5.74, 6) is -10.9. The molecule has 2 aromatic carbocycles. The van der Waals surface area contributed by atoms with Gasteiger partial charge in [0.15, 0.2) is 23.3 Å². The van der Waals surface area contributed by atoms with Crippen molar-refractivity contribution in [3.63, 3.8) is 0 Å². The van der Waals surface area contributed by atoms with Gasteiger partial charge in [-0.3, -0.25) is 38.4 Å². The van der Waals surface area contributed by atoms with E-state index < -0.39 is 137 Å². The van der Waals surface area contributed by atoms with Crippen molar-refractivity contribution >= 4 is 47.3 Å². The first-order chi connectivity index (χ1) is 36.1. The van der Waals surface area contributed by atoms with Gasteiger partial charge >= 0.3 is 11.8 Å². The molecule has 24 heteroatoms. The van der Waals surface area contributed by atoms with Crippen LogP contribution in [0.25, 0.3) is 0 Å². The molecule has 0 bridgehead atoms. The van der Waals surface area contributed by atoms with E-state index in [1.807, 2.05) is 20.8 Å². The highest BCUT2D eigenvalue weighted by molar-refractivity contribution is 6.35. The number of rotatable bonds is 21. The number of nitrogens with one attached hydrogen (secondary N) is 6. The van der Waals surface area contributed by atoms with Crippen molar-refractivity contribution in [1.82, 2.24) is 51.5 Å². The molecule has 6 N–H and O–H groups in total. The Balaban J connectivity index is 1.25. The summed E-state index contributed by atoms with van der Waals surface area (Å²) >= 11 is 0. The predicted octanol–water partition coefficient (Wildman–Crippen LogP) is 1.70. The smallest absolute Gasteiger partial charge is 0.309 e. The zero-order chi connectivity index (χ0) is 57.3. The quantitative estimate of drug-likeness (QED) is 0.0774. The van der Waals surface area contributed by atoms with E-state index in [1.54, 1.807) is 58.5 Å². The van der Waals surface area contributed by atoms with Gasteiger partial charge < -0.3 is 61.0 Å². The van der Waals surface area contributed by atoms with Crippen LogP contribution in [0.1, 0.15) is 74.7 Å². The SMILES string of the molecule is CN[C@@H](C)C(=O)NC(C(=O)N1CCC[C@H]1[C@@H](COc1ccc(F)c(F)c1)CN(C)C(=O)CNC(=O)C(=O)NCC(=O)N1C[C@H](COc2ccc(F)c(F)c2)[C@@H]2[C@H]1CCN2C(=O)[C@@H](NC(=O)[C@H](C)NC)C(C)(C)C)C(C)(C)C. The summed E-state index contributed by atoms with van der Waals surface area (Å²) in [7, 11) is 4.67. The van der Waals surface area contributed by atoms with Gasteiger partial charge in [0.1, 0.15) is 23.6 Å². The number of nitrogens with zero attached hydrogens (tertiary/aromatic N) is 4. The van der Waals surface area contributed by atoms with Gasteiger partial charge in [0.25, 0.3) is 0 Å². The standard InChI is InChI=1S/C53H76F4N10O10/c1-29(58-9)46(70)62-44(52(3,4)5)50(74)65-19-12-13-39(65)31(27-76-33-14-16-35(54)37(56)21-33)25-64(11)41(68)23-60-48(72)49(73)61-24-42(69)67-26-32(28-77-34-15-17-36(55)38(57)22-34)43-40(67)18-20-66(43)51(75)45(53(6,7)8)63-47(71)30(2)59-10/h14-17,21-22,29-32,39-40,43-45,58-59H,12-13,18-20,23-28H2,1-11H3,(H,60,72)(H,61,73)(H,62,70)(H,63,71)/t29-,30-,31+,32+,39-,40+,43+,44?,45+/m0/s1. The van der Waals surface area contributed by atoms with Crippen molar-refractivity contribution in [3.05, 3.63) is 59.7 Å². The van der Waals surface area contributed by atoms with Crippen molar-refractivity contribution in [2.24, 2.45) is 22.7 Å². The molecule has 426 valence electrons. The summed E-state index contributed by atoms with van der Waals surface area (Å²) in [5.41, 5.74) is -1.46. The van der Waals surface area contributed by atoms with Gasteiger partial charge in [0.05, 0.1) is 50.5 Å². The van der Waals surface area contributed by atoms with Crippen molar-refractivity contribution in [2.45, 2.75) is 117 Å². The van der Waals surface area contributed by atoms with Crippen LogP contribution in [0.5, 0.6) is 11.5 Å². The molecule has 0 aromatic heterocycles. The lowest BCUT2D eigenvalue weighted by Gasteiger charge is -2.39. The number of likely N-dealkylation sites (N-methyl/N-ethyl adjacent to an activating group) is 3. The number of amides is 8. The Hall–Kier alpha value is -6.56. The number of hydrogen-bond donors (Lipinski definition) is 6. The van der Waals surface area contributed by atoms with Crippen molar-refractivity contribution < 1.29 is 65.4 Å². The van der Waals surface area contributed by atoms with E-state index in [2.05, 4.69) is 31.9 Å². The highest BCUT2D eigenvalue weighted by Crippen LogP contribution is 2.38. The highest BCUT2D eigenvalue weighted by atomic mass is 19.2. The maximum Gasteiger partial charge on any atom is 0.309 e. The average Bonchev–Trinajstić information content (AvgIpc) is 4.17. The number of carbonyl (C=O) groups excluding carboxylic acids is 8. The minimum atomic E-state index is -1.23. The van der Waals surface area contributed by atoms with Crippen LogP contribution >= 0.6 is 0 Å². The molecule has 3 aliphatic heterocycles. The van der Waals surface area contributed by atoms with Crippen LogP contribution < -0.4 is 41.4 Å². The van der Waals surface area contributed by atoms with Crippen LogP contribution in [0, 0.1) is 45.9 Å². The lowest BCUT2D eigenvalue weighted by molar-refractivity contribution is -0.142. The summed E-state index contributed by atoms with van der Waals surface area (Å²) in [4.78, 5) is 115. The van der Waals surface area contributed by atoms with Crippen LogP contribution in [0.4, 0.5) is 17.6 Å². The molecule has 3 aliphatic rings. The maximum atomic E-state index is 14.4. The second kappa shape index (κ2) is 26.2. The summed E-state index contributed by atoms with van der Waals surface area (Å²) in [6.07, 6.45) is 1.36. The van der Waals surface area contributed by atoms with Gasteiger partial charge in [0, 0.05) is 63.2 Å². The van der Waals surface area contributed by atoms with Crippen LogP contribution in [-0.2, 0) is 38.4 Å². The molecule has 3 heterocycles. The predicted molar refractivity (Wildman–Crippen MR) is 275 cm³/mol.